The van der Waals surface area contributed by atoms with Gasteiger partial charge in [0.1, 0.15) is 0 Å². The second-order valence-corrected chi connectivity index (χ2v) is 6.92. The number of nitrogens with one attached hydrogen (secondary N) is 1. The highest BCUT2D eigenvalue weighted by Gasteiger charge is 2.24. The Balaban J connectivity index is 2.09. The van der Waals surface area contributed by atoms with Crippen LogP contribution in [0.2, 0.25) is 0 Å². The van der Waals surface area contributed by atoms with Crippen LogP contribution in [0.4, 0.5) is 0 Å². The Morgan fingerprint density at radius 2 is 1.50 bits per heavy atom. The molecule has 1 aliphatic carbocycles. The Bertz CT molecular complexity index is 196. The smallest absolute Gasteiger partial charge is 0.00179 e. The van der Waals surface area contributed by atoms with Gasteiger partial charge in [0.15, 0.2) is 0 Å². The maximum atomic E-state index is 3.68. The van der Waals surface area contributed by atoms with Crippen molar-refractivity contribution in [3.05, 3.63) is 0 Å². The molecule has 0 radical (unpaired) electrons. The second-order valence-electron chi connectivity index (χ2n) is 6.92. The molecule has 0 aliphatic heterocycles. The lowest BCUT2D eigenvalue weighted by atomic mass is 9.86. The van der Waals surface area contributed by atoms with E-state index in [9.17, 15) is 0 Å². The number of hydrogen-bond donors (Lipinski definition) is 1. The number of rotatable bonds is 13. The van der Waals surface area contributed by atoms with Crippen molar-refractivity contribution in [1.29, 1.82) is 0 Å². The molecule has 0 aromatic rings. The van der Waals surface area contributed by atoms with Crippen molar-refractivity contribution >= 4 is 0 Å². The molecule has 0 bridgehead atoms. The third-order valence-corrected chi connectivity index (χ3v) is 5.08. The predicted molar refractivity (Wildman–Crippen MR) is 91.2 cm³/mol. The Morgan fingerprint density at radius 1 is 0.850 bits per heavy atom. The van der Waals surface area contributed by atoms with Crippen LogP contribution < -0.4 is 5.32 Å². The molecule has 0 aromatic heterocycles. The highest BCUT2D eigenvalue weighted by atomic mass is 14.9. The fourth-order valence-corrected chi connectivity index (χ4v) is 3.76. The van der Waals surface area contributed by atoms with E-state index in [2.05, 4.69) is 19.2 Å². The summed E-state index contributed by atoms with van der Waals surface area (Å²) in [5, 5.41) is 3.68. The SMILES string of the molecule is CCCCCCCCCC(CNCCC)C1CCCC1. The topological polar surface area (TPSA) is 12.0 Å². The van der Waals surface area contributed by atoms with E-state index in [0.717, 1.165) is 11.8 Å². The molecule has 1 N–H and O–H groups in total. The molecule has 0 saturated heterocycles. The first kappa shape index (κ1) is 18.0. The fraction of sp³-hybridized carbons (Fsp3) is 1.00. The van der Waals surface area contributed by atoms with E-state index >= 15 is 0 Å². The minimum Gasteiger partial charge on any atom is -0.316 e. The normalized spacial score (nSPS) is 17.7. The van der Waals surface area contributed by atoms with E-state index < -0.39 is 0 Å². The molecule has 0 spiro atoms. The van der Waals surface area contributed by atoms with Crippen LogP contribution in [0.1, 0.15) is 97.3 Å². The Labute approximate surface area is 128 Å². The van der Waals surface area contributed by atoms with Crippen LogP contribution in [0, 0.1) is 11.8 Å². The summed E-state index contributed by atoms with van der Waals surface area (Å²) in [7, 11) is 0. The summed E-state index contributed by atoms with van der Waals surface area (Å²) >= 11 is 0. The van der Waals surface area contributed by atoms with Gasteiger partial charge in [-0.05, 0) is 37.8 Å². The minimum absolute atomic E-state index is 0.972. The largest absolute Gasteiger partial charge is 0.316 e. The fourth-order valence-electron chi connectivity index (χ4n) is 3.76. The molecule has 1 rings (SSSR count). The third-order valence-electron chi connectivity index (χ3n) is 5.08. The van der Waals surface area contributed by atoms with E-state index in [1.807, 2.05) is 0 Å². The second kappa shape index (κ2) is 12.7. The summed E-state index contributed by atoms with van der Waals surface area (Å²) in [6.45, 7) is 7.07. The predicted octanol–water partition coefficient (Wildman–Crippen LogP) is 5.93. The van der Waals surface area contributed by atoms with Crippen molar-refractivity contribution in [3.63, 3.8) is 0 Å². The lowest BCUT2D eigenvalue weighted by Crippen LogP contribution is -2.28. The van der Waals surface area contributed by atoms with Crippen LogP contribution in [0.25, 0.3) is 0 Å². The van der Waals surface area contributed by atoms with Gasteiger partial charge in [-0.1, -0.05) is 84.5 Å². The average molecular weight is 282 g/mol. The molecular formula is C19H39N. The standard InChI is InChI=1S/C19H39N/c1-3-5-6-7-8-9-10-15-19(17-20-16-4-2)18-13-11-12-14-18/h18-20H,3-17H2,1-2H3. The lowest BCUT2D eigenvalue weighted by Gasteiger charge is -2.24. The summed E-state index contributed by atoms with van der Waals surface area (Å²) in [5.74, 6) is 2.01. The summed E-state index contributed by atoms with van der Waals surface area (Å²) < 4.78 is 0. The molecule has 1 unspecified atom stereocenters. The van der Waals surface area contributed by atoms with Gasteiger partial charge in [-0.25, -0.2) is 0 Å². The highest BCUT2D eigenvalue weighted by Crippen LogP contribution is 2.33. The highest BCUT2D eigenvalue weighted by molar-refractivity contribution is 4.77. The van der Waals surface area contributed by atoms with Crippen LogP contribution in [0.5, 0.6) is 0 Å². The Hall–Kier alpha value is -0.0400. The van der Waals surface area contributed by atoms with Crippen molar-refractivity contribution < 1.29 is 0 Å². The monoisotopic (exact) mass is 281 g/mol. The molecule has 1 atom stereocenters. The van der Waals surface area contributed by atoms with Gasteiger partial charge < -0.3 is 5.32 Å². The minimum atomic E-state index is 0.972. The zero-order valence-corrected chi connectivity index (χ0v) is 14.3. The molecule has 1 fully saturated rings. The van der Waals surface area contributed by atoms with Crippen molar-refractivity contribution in [2.24, 2.45) is 11.8 Å². The van der Waals surface area contributed by atoms with Crippen LogP contribution in [0.3, 0.4) is 0 Å². The van der Waals surface area contributed by atoms with E-state index in [1.54, 1.807) is 0 Å². The maximum Gasteiger partial charge on any atom is -0.00179 e. The average Bonchev–Trinajstić information content (AvgIpc) is 2.98. The van der Waals surface area contributed by atoms with Gasteiger partial charge in [0, 0.05) is 0 Å². The quantitative estimate of drug-likeness (QED) is 0.412. The van der Waals surface area contributed by atoms with E-state index in [-0.39, 0.29) is 0 Å². The van der Waals surface area contributed by atoms with E-state index in [0.29, 0.717) is 0 Å². The molecule has 20 heavy (non-hydrogen) atoms. The maximum absolute atomic E-state index is 3.68. The van der Waals surface area contributed by atoms with Gasteiger partial charge in [-0.15, -0.1) is 0 Å². The molecule has 1 saturated carbocycles. The van der Waals surface area contributed by atoms with E-state index in [4.69, 9.17) is 0 Å². The van der Waals surface area contributed by atoms with Crippen molar-refractivity contribution in [2.75, 3.05) is 13.1 Å². The first-order chi connectivity index (χ1) is 9.88. The first-order valence-corrected chi connectivity index (χ1v) is 9.59. The lowest BCUT2D eigenvalue weighted by molar-refractivity contribution is 0.295. The molecule has 1 nitrogen and oxygen atoms in total. The van der Waals surface area contributed by atoms with Crippen molar-refractivity contribution in [2.45, 2.75) is 97.3 Å². The van der Waals surface area contributed by atoms with Gasteiger partial charge in [0.25, 0.3) is 0 Å². The zero-order chi connectivity index (χ0) is 14.5. The first-order valence-electron chi connectivity index (χ1n) is 9.59. The molecule has 0 heterocycles. The van der Waals surface area contributed by atoms with Crippen LogP contribution in [0.15, 0.2) is 0 Å². The van der Waals surface area contributed by atoms with Gasteiger partial charge in [0.05, 0.1) is 0 Å². The molecular weight excluding hydrogens is 242 g/mol. The van der Waals surface area contributed by atoms with Crippen molar-refractivity contribution in [1.82, 2.24) is 5.32 Å². The number of hydrogen-bond acceptors (Lipinski definition) is 1. The molecule has 1 aliphatic rings. The summed E-state index contributed by atoms with van der Waals surface area (Å²) in [6, 6.07) is 0. The van der Waals surface area contributed by atoms with Crippen LogP contribution in [-0.4, -0.2) is 13.1 Å². The van der Waals surface area contributed by atoms with E-state index in [1.165, 1.54) is 96.6 Å². The molecule has 0 aromatic carbocycles. The molecule has 0 amide bonds. The van der Waals surface area contributed by atoms with Crippen LogP contribution >= 0.6 is 0 Å². The third kappa shape index (κ3) is 8.29. The van der Waals surface area contributed by atoms with Gasteiger partial charge in [-0.3, -0.25) is 0 Å². The number of unbranched alkanes of at least 4 members (excludes halogenated alkanes) is 6. The molecule has 1 heteroatoms. The Kier molecular flexibility index (Phi) is 11.4. The van der Waals surface area contributed by atoms with Gasteiger partial charge >= 0.3 is 0 Å². The van der Waals surface area contributed by atoms with Crippen LogP contribution in [-0.2, 0) is 0 Å². The zero-order valence-electron chi connectivity index (χ0n) is 14.3. The molecule has 120 valence electrons. The van der Waals surface area contributed by atoms with Gasteiger partial charge in [0.2, 0.25) is 0 Å². The van der Waals surface area contributed by atoms with Crippen molar-refractivity contribution in [3.8, 4) is 0 Å². The summed E-state index contributed by atoms with van der Waals surface area (Å²) in [5.41, 5.74) is 0. The van der Waals surface area contributed by atoms with Gasteiger partial charge in [-0.2, -0.15) is 0 Å². The summed E-state index contributed by atoms with van der Waals surface area (Å²) in [6.07, 6.45) is 18.9. The summed E-state index contributed by atoms with van der Waals surface area (Å²) in [4.78, 5) is 0. The Morgan fingerprint density at radius 3 is 2.15 bits per heavy atom.